The van der Waals surface area contributed by atoms with Crippen LogP contribution in [-0.4, -0.2) is 28.3 Å². The third kappa shape index (κ3) is 3.84. The first kappa shape index (κ1) is 20.2. The fraction of sp³-hybridized carbons (Fsp3) is 0. The third-order valence-corrected chi connectivity index (χ3v) is 8.28. The molecule has 2 aromatic carbocycles. The van der Waals surface area contributed by atoms with Gasteiger partial charge < -0.3 is 0 Å². The molecule has 0 spiro atoms. The lowest BCUT2D eigenvalue weighted by Crippen LogP contribution is -2.31. The molecule has 1 aromatic heterocycles. The van der Waals surface area contributed by atoms with Crippen molar-refractivity contribution in [2.24, 2.45) is 4.40 Å². The van der Waals surface area contributed by atoms with Crippen molar-refractivity contribution in [2.45, 2.75) is 9.10 Å². The highest BCUT2D eigenvalue weighted by atomic mass is 32.2. The largest absolute Gasteiger partial charge is 0.292 e. The van der Waals surface area contributed by atoms with Gasteiger partial charge in [0, 0.05) is 11.1 Å². The molecule has 1 aliphatic rings. The molecule has 0 saturated heterocycles. The van der Waals surface area contributed by atoms with Crippen molar-refractivity contribution < 1.29 is 21.6 Å². The van der Waals surface area contributed by atoms with Gasteiger partial charge >= 0.3 is 0 Å². The molecule has 10 heteroatoms. The van der Waals surface area contributed by atoms with E-state index in [1.165, 1.54) is 24.3 Å². The Morgan fingerprint density at radius 2 is 1.47 bits per heavy atom. The Balaban J connectivity index is 1.82. The van der Waals surface area contributed by atoms with Crippen LogP contribution < -0.4 is 4.72 Å². The number of fused-ring (bicyclic) bond motifs is 1. The minimum Gasteiger partial charge on any atom is -0.287 e. The van der Waals surface area contributed by atoms with E-state index in [0.717, 1.165) is 17.4 Å². The van der Waals surface area contributed by atoms with Gasteiger partial charge in [0.1, 0.15) is 4.21 Å². The van der Waals surface area contributed by atoms with Crippen LogP contribution in [-0.2, 0) is 20.0 Å². The number of Topliss-reactive ketones (excluding diaryl/α,β-unsaturated/α-hetero) is 1. The smallest absolute Gasteiger partial charge is 0.287 e. The van der Waals surface area contributed by atoms with Crippen LogP contribution in [0.15, 0.2) is 97.4 Å². The number of rotatable bonds is 5. The molecule has 152 valence electrons. The number of sulfonamides is 2. The normalized spacial score (nSPS) is 15.5. The predicted molar refractivity (Wildman–Crippen MR) is 114 cm³/mol. The van der Waals surface area contributed by atoms with Crippen LogP contribution in [0.2, 0.25) is 0 Å². The number of hydrogen-bond donors (Lipinski definition) is 1. The Morgan fingerprint density at radius 3 is 2.13 bits per heavy atom. The Hall–Kier alpha value is -3.08. The van der Waals surface area contributed by atoms with E-state index in [2.05, 4.69) is 9.12 Å². The van der Waals surface area contributed by atoms with E-state index in [4.69, 9.17) is 0 Å². The van der Waals surface area contributed by atoms with Crippen molar-refractivity contribution in [3.05, 3.63) is 95.0 Å². The SMILES string of the molecule is O=C1C(NS(=O)(=O)c2ccccc2)=C/C(=N/S(=O)(=O)c2cccs2)c2ccccc21. The molecular formula is C20H14N2O5S3. The molecule has 1 heterocycles. The zero-order chi connectivity index (χ0) is 21.4. The average Bonchev–Trinajstić information content (AvgIpc) is 3.28. The van der Waals surface area contributed by atoms with Crippen LogP contribution in [0.25, 0.3) is 0 Å². The van der Waals surface area contributed by atoms with Crippen molar-refractivity contribution in [1.82, 2.24) is 4.72 Å². The molecule has 0 fully saturated rings. The second-order valence-electron chi connectivity index (χ2n) is 6.23. The molecule has 4 rings (SSSR count). The van der Waals surface area contributed by atoms with Crippen LogP contribution in [0, 0.1) is 0 Å². The fourth-order valence-electron chi connectivity index (χ4n) is 2.87. The number of carbonyl (C=O) groups excluding carboxylic acids is 1. The summed E-state index contributed by atoms with van der Waals surface area (Å²) < 4.78 is 56.8. The van der Waals surface area contributed by atoms with Crippen LogP contribution in [0.4, 0.5) is 0 Å². The van der Waals surface area contributed by atoms with Gasteiger partial charge in [0.25, 0.3) is 20.0 Å². The lowest BCUT2D eigenvalue weighted by Gasteiger charge is -2.18. The van der Waals surface area contributed by atoms with E-state index in [-0.39, 0.29) is 26.1 Å². The van der Waals surface area contributed by atoms with Gasteiger partial charge in [-0.25, -0.2) is 8.42 Å². The van der Waals surface area contributed by atoms with E-state index < -0.39 is 25.8 Å². The minimum absolute atomic E-state index is 0.0237. The highest BCUT2D eigenvalue weighted by Crippen LogP contribution is 2.25. The van der Waals surface area contributed by atoms with Crippen molar-refractivity contribution in [3.63, 3.8) is 0 Å². The number of nitrogens with one attached hydrogen (secondary N) is 1. The van der Waals surface area contributed by atoms with E-state index in [1.807, 2.05) is 0 Å². The average molecular weight is 459 g/mol. The van der Waals surface area contributed by atoms with E-state index >= 15 is 0 Å². The van der Waals surface area contributed by atoms with Gasteiger partial charge in [-0.1, -0.05) is 48.5 Å². The molecular weight excluding hydrogens is 444 g/mol. The number of thiophene rings is 1. The molecule has 0 aliphatic heterocycles. The van der Waals surface area contributed by atoms with Crippen molar-refractivity contribution in [1.29, 1.82) is 0 Å². The Labute approximate surface area is 177 Å². The molecule has 1 N–H and O–H groups in total. The quantitative estimate of drug-likeness (QED) is 0.632. The molecule has 0 bridgehead atoms. The van der Waals surface area contributed by atoms with E-state index in [1.54, 1.807) is 47.8 Å². The summed E-state index contributed by atoms with van der Waals surface area (Å²) in [6, 6.07) is 16.9. The molecule has 0 amide bonds. The van der Waals surface area contributed by atoms with Crippen LogP contribution in [0.5, 0.6) is 0 Å². The van der Waals surface area contributed by atoms with Crippen molar-refractivity contribution in [2.75, 3.05) is 0 Å². The zero-order valence-electron chi connectivity index (χ0n) is 15.2. The highest BCUT2D eigenvalue weighted by Gasteiger charge is 2.29. The first-order chi connectivity index (χ1) is 14.3. The number of hydrogen-bond acceptors (Lipinski definition) is 6. The highest BCUT2D eigenvalue weighted by molar-refractivity contribution is 7.92. The van der Waals surface area contributed by atoms with Gasteiger partial charge in [0.2, 0.25) is 5.78 Å². The molecule has 0 atom stereocenters. The molecule has 7 nitrogen and oxygen atoms in total. The first-order valence-electron chi connectivity index (χ1n) is 8.60. The maximum Gasteiger partial charge on any atom is 0.292 e. The van der Waals surface area contributed by atoms with Gasteiger partial charge in [-0.05, 0) is 29.7 Å². The van der Waals surface area contributed by atoms with Gasteiger partial charge in [0.05, 0.1) is 16.3 Å². The summed E-state index contributed by atoms with van der Waals surface area (Å²) in [5, 5.41) is 1.61. The summed E-state index contributed by atoms with van der Waals surface area (Å²) in [4.78, 5) is 12.8. The molecule has 1 aliphatic carbocycles. The number of carbonyl (C=O) groups is 1. The van der Waals surface area contributed by atoms with Gasteiger partial charge in [0.15, 0.2) is 0 Å². The van der Waals surface area contributed by atoms with Crippen molar-refractivity contribution >= 4 is 42.9 Å². The minimum atomic E-state index is -4.05. The predicted octanol–water partition coefficient (Wildman–Crippen LogP) is 2.98. The second kappa shape index (κ2) is 7.63. The maximum absolute atomic E-state index is 12.9. The summed E-state index contributed by atoms with van der Waals surface area (Å²) in [7, 11) is -8.07. The molecule has 0 unspecified atom stereocenters. The van der Waals surface area contributed by atoms with E-state index in [0.29, 0.717) is 5.56 Å². The summed E-state index contributed by atoms with van der Waals surface area (Å²) in [5.74, 6) is -0.572. The van der Waals surface area contributed by atoms with Crippen LogP contribution in [0.1, 0.15) is 15.9 Å². The molecule has 0 saturated carbocycles. The molecule has 30 heavy (non-hydrogen) atoms. The van der Waals surface area contributed by atoms with Gasteiger partial charge in [-0.3, -0.25) is 9.52 Å². The Morgan fingerprint density at radius 1 is 0.800 bits per heavy atom. The molecule has 3 aromatic rings. The molecule has 0 radical (unpaired) electrons. The Kier molecular flexibility index (Phi) is 5.14. The lowest BCUT2D eigenvalue weighted by atomic mass is 9.93. The van der Waals surface area contributed by atoms with Gasteiger partial charge in [-0.15, -0.1) is 11.3 Å². The number of allylic oxidation sites excluding steroid dienone is 2. The second-order valence-corrected chi connectivity index (χ2v) is 10.7. The summed E-state index contributed by atoms with van der Waals surface area (Å²) >= 11 is 1.01. The topological polar surface area (TPSA) is 110 Å². The van der Waals surface area contributed by atoms with Crippen LogP contribution >= 0.6 is 11.3 Å². The monoisotopic (exact) mass is 458 g/mol. The Bertz CT molecular complexity index is 1390. The van der Waals surface area contributed by atoms with Gasteiger partial charge in [-0.2, -0.15) is 12.8 Å². The summed E-state index contributed by atoms with van der Waals surface area (Å²) in [6.45, 7) is 0. The number of ketones is 1. The number of benzene rings is 2. The van der Waals surface area contributed by atoms with Crippen molar-refractivity contribution in [3.8, 4) is 0 Å². The lowest BCUT2D eigenvalue weighted by molar-refractivity contribution is 0.102. The maximum atomic E-state index is 12.9. The summed E-state index contributed by atoms with van der Waals surface area (Å²) in [6.07, 6.45) is 1.15. The standard InChI is InChI=1S/C20H14N2O5S3/c23-20-16-10-5-4-9-15(16)17(21-30(26,27)19-11-6-12-28-19)13-18(20)22-29(24,25)14-7-2-1-3-8-14/h1-13,22H/b21-17-. The van der Waals surface area contributed by atoms with E-state index in [9.17, 15) is 21.6 Å². The zero-order valence-corrected chi connectivity index (χ0v) is 17.7. The fourth-order valence-corrected chi connectivity index (χ4v) is 5.91. The summed E-state index contributed by atoms with van der Waals surface area (Å²) in [5.41, 5.74) is 0.165. The first-order valence-corrected chi connectivity index (χ1v) is 12.4. The third-order valence-electron chi connectivity index (χ3n) is 4.24. The number of nitrogens with zero attached hydrogens (tertiary/aromatic N) is 1. The van der Waals surface area contributed by atoms with Crippen LogP contribution in [0.3, 0.4) is 0 Å².